The Kier molecular flexibility index (Phi) is 4.03. The lowest BCUT2D eigenvalue weighted by Crippen LogP contribution is -2.43. The van der Waals surface area contributed by atoms with Crippen LogP contribution in [0, 0.1) is 0 Å². The summed E-state index contributed by atoms with van der Waals surface area (Å²) in [5, 5.41) is 0. The third kappa shape index (κ3) is 2.84. The van der Waals surface area contributed by atoms with Gasteiger partial charge in [-0.2, -0.15) is 0 Å². The molecule has 0 spiro atoms. The highest BCUT2D eigenvalue weighted by Gasteiger charge is 2.34. The van der Waals surface area contributed by atoms with Crippen LogP contribution in [0.25, 0.3) is 0 Å². The zero-order valence-electron chi connectivity index (χ0n) is 12.1. The highest BCUT2D eigenvalue weighted by molar-refractivity contribution is 6.21. The number of carbonyl (C=O) groups excluding carboxylic acids is 2. The van der Waals surface area contributed by atoms with E-state index in [0.29, 0.717) is 17.7 Å². The molecule has 1 fully saturated rings. The minimum atomic E-state index is -0.161. The van der Waals surface area contributed by atoms with E-state index >= 15 is 0 Å². The number of fused-ring (bicyclic) bond motifs is 1. The van der Waals surface area contributed by atoms with Crippen molar-refractivity contribution in [3.05, 3.63) is 35.4 Å². The van der Waals surface area contributed by atoms with Gasteiger partial charge >= 0.3 is 0 Å². The predicted octanol–water partition coefficient (Wildman–Crippen LogP) is 1.10. The quantitative estimate of drug-likeness (QED) is 0.842. The lowest BCUT2D eigenvalue weighted by molar-refractivity contribution is 0.0645. The van der Waals surface area contributed by atoms with Crippen LogP contribution < -0.4 is 5.73 Å². The van der Waals surface area contributed by atoms with Crippen LogP contribution in [0.4, 0.5) is 0 Å². The molecule has 1 aromatic rings. The molecule has 2 heterocycles. The number of hydrogen-bond donors (Lipinski definition) is 1. The fraction of sp³-hybridized carbons (Fsp3) is 0.500. The standard InChI is InChI=1S/C16H21N3O2/c17-12-5-3-8-18(11-12)9-4-10-19-15(20)13-6-1-2-7-14(13)16(19)21/h1-2,6-7,12H,3-5,8-11,17H2/t12-/m1/s1. The fourth-order valence-corrected chi connectivity index (χ4v) is 3.19. The Labute approximate surface area is 124 Å². The van der Waals surface area contributed by atoms with Crippen LogP contribution >= 0.6 is 0 Å². The Balaban J connectivity index is 1.55. The lowest BCUT2D eigenvalue weighted by atomic mass is 10.1. The van der Waals surface area contributed by atoms with Crippen molar-refractivity contribution in [1.82, 2.24) is 9.80 Å². The molecule has 0 aliphatic carbocycles. The molecule has 1 aromatic carbocycles. The number of nitrogens with two attached hydrogens (primary N) is 1. The van der Waals surface area contributed by atoms with Gasteiger partial charge in [-0.25, -0.2) is 0 Å². The van der Waals surface area contributed by atoms with Crippen molar-refractivity contribution in [3.63, 3.8) is 0 Å². The van der Waals surface area contributed by atoms with Crippen LogP contribution in [0.3, 0.4) is 0 Å². The van der Waals surface area contributed by atoms with E-state index in [2.05, 4.69) is 4.90 Å². The average Bonchev–Trinajstić information content (AvgIpc) is 2.73. The molecule has 2 amide bonds. The molecule has 1 atom stereocenters. The number of piperidine rings is 1. The average molecular weight is 287 g/mol. The number of imide groups is 1. The summed E-state index contributed by atoms with van der Waals surface area (Å²) >= 11 is 0. The monoisotopic (exact) mass is 287 g/mol. The van der Waals surface area contributed by atoms with Crippen LogP contribution in [-0.2, 0) is 0 Å². The van der Waals surface area contributed by atoms with Gasteiger partial charge in [-0.15, -0.1) is 0 Å². The van der Waals surface area contributed by atoms with Gasteiger partial charge in [0.25, 0.3) is 11.8 Å². The predicted molar refractivity (Wildman–Crippen MR) is 80.1 cm³/mol. The first-order chi connectivity index (χ1) is 10.2. The Morgan fingerprint density at radius 3 is 2.38 bits per heavy atom. The molecule has 0 saturated carbocycles. The van der Waals surface area contributed by atoms with Crippen molar-refractivity contribution < 1.29 is 9.59 Å². The molecule has 2 aliphatic rings. The van der Waals surface area contributed by atoms with Crippen molar-refractivity contribution in [2.45, 2.75) is 25.3 Å². The maximum Gasteiger partial charge on any atom is 0.261 e. The molecule has 0 radical (unpaired) electrons. The second-order valence-corrected chi connectivity index (χ2v) is 5.86. The number of nitrogens with zero attached hydrogens (tertiary/aromatic N) is 2. The minimum Gasteiger partial charge on any atom is -0.327 e. The van der Waals surface area contributed by atoms with Crippen LogP contribution in [0.5, 0.6) is 0 Å². The minimum absolute atomic E-state index is 0.161. The number of amides is 2. The molecule has 5 nitrogen and oxygen atoms in total. The van der Waals surface area contributed by atoms with Gasteiger partial charge in [-0.1, -0.05) is 12.1 Å². The van der Waals surface area contributed by atoms with Crippen molar-refractivity contribution >= 4 is 11.8 Å². The third-order valence-corrected chi connectivity index (χ3v) is 4.28. The fourth-order valence-electron chi connectivity index (χ4n) is 3.19. The van der Waals surface area contributed by atoms with Gasteiger partial charge in [0, 0.05) is 19.1 Å². The molecule has 3 rings (SSSR count). The molecule has 0 unspecified atom stereocenters. The maximum atomic E-state index is 12.2. The third-order valence-electron chi connectivity index (χ3n) is 4.28. The van der Waals surface area contributed by atoms with E-state index in [0.717, 1.165) is 38.9 Å². The van der Waals surface area contributed by atoms with E-state index in [-0.39, 0.29) is 17.9 Å². The zero-order valence-corrected chi connectivity index (χ0v) is 12.1. The summed E-state index contributed by atoms with van der Waals surface area (Å²) in [5.74, 6) is -0.322. The lowest BCUT2D eigenvalue weighted by Gasteiger charge is -2.30. The Hall–Kier alpha value is -1.72. The van der Waals surface area contributed by atoms with Gasteiger partial charge in [0.2, 0.25) is 0 Å². The smallest absolute Gasteiger partial charge is 0.261 e. The summed E-state index contributed by atoms with van der Waals surface area (Å²) in [6.45, 7) is 3.36. The van der Waals surface area contributed by atoms with Crippen LogP contribution in [-0.4, -0.2) is 53.8 Å². The van der Waals surface area contributed by atoms with Crippen molar-refractivity contribution in [1.29, 1.82) is 0 Å². The van der Waals surface area contributed by atoms with Gasteiger partial charge in [0.1, 0.15) is 0 Å². The van der Waals surface area contributed by atoms with Gasteiger partial charge in [0.05, 0.1) is 11.1 Å². The van der Waals surface area contributed by atoms with E-state index in [1.807, 2.05) is 0 Å². The van der Waals surface area contributed by atoms with Gasteiger partial charge in [0.15, 0.2) is 0 Å². The largest absolute Gasteiger partial charge is 0.327 e. The second-order valence-electron chi connectivity index (χ2n) is 5.86. The number of carbonyl (C=O) groups is 2. The first-order valence-electron chi connectivity index (χ1n) is 7.60. The molecule has 5 heteroatoms. The topological polar surface area (TPSA) is 66.6 Å². The highest BCUT2D eigenvalue weighted by atomic mass is 16.2. The summed E-state index contributed by atoms with van der Waals surface area (Å²) in [7, 11) is 0. The van der Waals surface area contributed by atoms with Crippen molar-refractivity contribution in [3.8, 4) is 0 Å². The molecule has 0 aromatic heterocycles. The van der Waals surface area contributed by atoms with Crippen molar-refractivity contribution in [2.24, 2.45) is 5.73 Å². The first-order valence-corrected chi connectivity index (χ1v) is 7.60. The highest BCUT2D eigenvalue weighted by Crippen LogP contribution is 2.22. The van der Waals surface area contributed by atoms with E-state index in [4.69, 9.17) is 5.73 Å². The van der Waals surface area contributed by atoms with Crippen LogP contribution in [0.1, 0.15) is 40.0 Å². The molecular formula is C16H21N3O2. The van der Waals surface area contributed by atoms with Gasteiger partial charge < -0.3 is 10.6 Å². The summed E-state index contributed by atoms with van der Waals surface area (Å²) in [6, 6.07) is 7.29. The van der Waals surface area contributed by atoms with Crippen molar-refractivity contribution in [2.75, 3.05) is 26.2 Å². The number of hydrogen-bond acceptors (Lipinski definition) is 4. The van der Waals surface area contributed by atoms with E-state index < -0.39 is 0 Å². The molecular weight excluding hydrogens is 266 g/mol. The Morgan fingerprint density at radius 2 is 1.76 bits per heavy atom. The van der Waals surface area contributed by atoms with Crippen LogP contribution in [0.15, 0.2) is 24.3 Å². The van der Waals surface area contributed by atoms with Crippen LogP contribution in [0.2, 0.25) is 0 Å². The SMILES string of the molecule is N[C@@H]1CCCN(CCCN2C(=O)c3ccccc3C2=O)C1. The van der Waals surface area contributed by atoms with Gasteiger partial charge in [-0.05, 0) is 44.5 Å². The molecule has 21 heavy (non-hydrogen) atoms. The Bertz CT molecular complexity index is 523. The normalized spacial score (nSPS) is 22.7. The summed E-state index contributed by atoms with van der Waals surface area (Å²) < 4.78 is 0. The molecule has 2 N–H and O–H groups in total. The molecule has 112 valence electrons. The Morgan fingerprint density at radius 1 is 1.10 bits per heavy atom. The summed E-state index contributed by atoms with van der Waals surface area (Å²) in [4.78, 5) is 28.1. The molecule has 0 bridgehead atoms. The summed E-state index contributed by atoms with van der Waals surface area (Å²) in [6.07, 6.45) is 3.03. The van der Waals surface area contributed by atoms with E-state index in [1.54, 1.807) is 24.3 Å². The number of rotatable bonds is 4. The second kappa shape index (κ2) is 5.95. The van der Waals surface area contributed by atoms with Gasteiger partial charge in [-0.3, -0.25) is 14.5 Å². The number of likely N-dealkylation sites (tertiary alicyclic amines) is 1. The van der Waals surface area contributed by atoms with E-state index in [9.17, 15) is 9.59 Å². The van der Waals surface area contributed by atoms with E-state index in [1.165, 1.54) is 4.90 Å². The zero-order chi connectivity index (χ0) is 14.8. The first kappa shape index (κ1) is 14.2. The molecule has 2 aliphatic heterocycles. The molecule has 1 saturated heterocycles. The maximum absolute atomic E-state index is 12.2. The summed E-state index contributed by atoms with van der Waals surface area (Å²) in [5.41, 5.74) is 7.02. The number of benzene rings is 1.